The quantitative estimate of drug-likeness (QED) is 0.158. The van der Waals surface area contributed by atoms with E-state index in [-0.39, 0.29) is 73.7 Å². The van der Waals surface area contributed by atoms with E-state index in [1.54, 1.807) is 70.1 Å². The van der Waals surface area contributed by atoms with Crippen molar-refractivity contribution in [3.05, 3.63) is 35.9 Å². The summed E-state index contributed by atoms with van der Waals surface area (Å²) >= 11 is 0. The second-order valence-corrected chi connectivity index (χ2v) is 18.5. The Hall–Kier alpha value is -3.93. The molecule has 2 unspecified atom stereocenters. The summed E-state index contributed by atoms with van der Waals surface area (Å²) in [7, 11) is 3.18. The van der Waals surface area contributed by atoms with Gasteiger partial charge in [0, 0.05) is 51.7 Å². The van der Waals surface area contributed by atoms with Gasteiger partial charge in [0.2, 0.25) is 23.5 Å². The zero-order valence-corrected chi connectivity index (χ0v) is 34.5. The molecule has 4 aliphatic rings. The maximum atomic E-state index is 14.7. The maximum Gasteiger partial charge on any atom is 0.307 e. The number of hydrogen-bond donors (Lipinski definition) is 1. The average molecular weight is 778 g/mol. The van der Waals surface area contributed by atoms with Crippen LogP contribution >= 0.6 is 0 Å². The number of rotatable bonds is 17. The Balaban J connectivity index is 1.31. The maximum absolute atomic E-state index is 14.7. The van der Waals surface area contributed by atoms with Crippen molar-refractivity contribution in [2.24, 2.45) is 29.6 Å². The molecular formula is C44H63N3O9. The molecule has 12 nitrogen and oxygen atoms in total. The first-order chi connectivity index (χ1) is 26.3. The van der Waals surface area contributed by atoms with Crippen LogP contribution in [0.25, 0.3) is 0 Å². The summed E-state index contributed by atoms with van der Waals surface area (Å²) in [6, 6.07) is 7.01. The van der Waals surface area contributed by atoms with E-state index in [0.29, 0.717) is 18.4 Å². The Morgan fingerprint density at radius 1 is 0.929 bits per heavy atom. The molecule has 2 saturated carbocycles. The molecule has 0 aromatic heterocycles. The van der Waals surface area contributed by atoms with E-state index in [0.717, 1.165) is 44.9 Å². The van der Waals surface area contributed by atoms with Crippen LogP contribution in [0, 0.1) is 29.6 Å². The first-order valence-electron chi connectivity index (χ1n) is 20.7. The molecule has 0 spiro atoms. The summed E-state index contributed by atoms with van der Waals surface area (Å²) in [5.41, 5.74) is -0.615. The minimum absolute atomic E-state index is 0.0136. The lowest BCUT2D eigenvalue weighted by atomic mass is 9.77. The fraction of sp³-hybridized carbons (Fsp3) is 0.705. The zero-order valence-electron chi connectivity index (χ0n) is 34.5. The number of likely N-dealkylation sites (tertiary alicyclic amines) is 1. The summed E-state index contributed by atoms with van der Waals surface area (Å²) in [6.07, 6.45) is 6.12. The molecule has 1 N–H and O–H groups in total. The van der Waals surface area contributed by atoms with Crippen LogP contribution in [0.1, 0.15) is 130 Å². The van der Waals surface area contributed by atoms with Gasteiger partial charge in [-0.1, -0.05) is 62.4 Å². The lowest BCUT2D eigenvalue weighted by molar-refractivity contribution is -0.160. The van der Waals surface area contributed by atoms with Gasteiger partial charge in [0.25, 0.3) is 0 Å². The molecule has 1 aromatic carbocycles. The Kier molecular flexibility index (Phi) is 14.0. The molecule has 12 heteroatoms. The Labute approximate surface area is 332 Å². The van der Waals surface area contributed by atoms with Crippen LogP contribution in [-0.4, -0.2) is 94.8 Å². The monoisotopic (exact) mass is 777 g/mol. The predicted octanol–water partition coefficient (Wildman–Crippen LogP) is 5.55. The number of Topliss-reactive ketones (excluding diaryl/α,β-unsaturated/α-hetero) is 3. The van der Waals surface area contributed by atoms with Crippen molar-refractivity contribution in [3.63, 3.8) is 0 Å². The van der Waals surface area contributed by atoms with Crippen molar-refractivity contribution >= 4 is 41.0 Å². The van der Waals surface area contributed by atoms with Gasteiger partial charge < -0.3 is 24.6 Å². The van der Waals surface area contributed by atoms with Gasteiger partial charge in [-0.15, -0.1) is 0 Å². The standard InChI is InChI=1S/C44H63N3O9/c1-43(2,3)56-37(51)24-31(28-14-10-8-11-15-28)41(53)47-26-35-32(25-44(4,5)55-35)39(47)34(49)23-30(22-27-18-19-27)40(52)33(48)20-21-36(50)45-38(42(54)46(6)7)29-16-12-9-13-17-29/h9,12-13,16-17,27-28,30-32,35,38-39H,8,10-11,14-15,18-26H2,1-7H3,(H,45,50)/t30?,31-,32-,35?,38-,39-/m0/s1. The second kappa shape index (κ2) is 18.1. The molecular weight excluding hydrogens is 714 g/mol. The summed E-state index contributed by atoms with van der Waals surface area (Å²) in [6.45, 7) is 9.56. The smallest absolute Gasteiger partial charge is 0.307 e. The SMILES string of the molecule is CN(C)C(=O)[C@@H](NC(=O)CCC(=O)C(=O)C(CC(=O)[C@@H]1[C@H]2CC(C)(C)OC2CN1C(=O)[C@@H](CC(=O)OC(C)(C)C)C1CCCCC1)CC1CC1)c1ccccc1. The van der Waals surface area contributed by atoms with E-state index < -0.39 is 58.6 Å². The number of fused-ring (bicyclic) bond motifs is 1. The van der Waals surface area contributed by atoms with Gasteiger partial charge in [0.15, 0.2) is 11.6 Å². The van der Waals surface area contributed by atoms with Crippen LogP contribution in [0.3, 0.4) is 0 Å². The van der Waals surface area contributed by atoms with Gasteiger partial charge in [-0.2, -0.15) is 0 Å². The van der Waals surface area contributed by atoms with Crippen LogP contribution in [0.2, 0.25) is 0 Å². The summed E-state index contributed by atoms with van der Waals surface area (Å²) in [5, 5.41) is 2.72. The van der Waals surface area contributed by atoms with Gasteiger partial charge in [-0.3, -0.25) is 33.6 Å². The predicted molar refractivity (Wildman–Crippen MR) is 209 cm³/mol. The van der Waals surface area contributed by atoms with Crippen LogP contribution in [0.15, 0.2) is 30.3 Å². The highest BCUT2D eigenvalue weighted by molar-refractivity contribution is 6.38. The number of carbonyl (C=O) groups excluding carboxylic acids is 7. The number of hydrogen-bond acceptors (Lipinski definition) is 9. The van der Waals surface area contributed by atoms with E-state index in [4.69, 9.17) is 9.47 Å². The number of nitrogens with one attached hydrogen (secondary N) is 1. The highest BCUT2D eigenvalue weighted by Gasteiger charge is 2.56. The van der Waals surface area contributed by atoms with Gasteiger partial charge in [-0.25, -0.2) is 0 Å². The van der Waals surface area contributed by atoms with Crippen LogP contribution < -0.4 is 5.32 Å². The number of ketones is 3. The number of nitrogens with zero attached hydrogens (tertiary/aromatic N) is 2. The number of esters is 1. The second-order valence-electron chi connectivity index (χ2n) is 18.5. The first-order valence-corrected chi connectivity index (χ1v) is 20.7. The van der Waals surface area contributed by atoms with Gasteiger partial charge >= 0.3 is 5.97 Å². The van der Waals surface area contributed by atoms with Crippen LogP contribution in [0.4, 0.5) is 0 Å². The van der Waals surface area contributed by atoms with E-state index in [1.165, 1.54) is 4.90 Å². The molecule has 0 radical (unpaired) electrons. The molecule has 1 aromatic rings. The Bertz CT molecular complexity index is 1620. The minimum Gasteiger partial charge on any atom is -0.460 e. The molecule has 4 fully saturated rings. The molecule has 3 amide bonds. The van der Waals surface area contributed by atoms with Crippen LogP contribution in [0.5, 0.6) is 0 Å². The molecule has 2 aliphatic heterocycles. The molecule has 308 valence electrons. The van der Waals surface area contributed by atoms with Crippen molar-refractivity contribution < 1.29 is 43.0 Å². The van der Waals surface area contributed by atoms with E-state index in [9.17, 15) is 33.6 Å². The number of carbonyl (C=O) groups is 7. The third-order valence-corrected chi connectivity index (χ3v) is 11.9. The van der Waals surface area contributed by atoms with Gasteiger partial charge in [-0.05, 0) is 77.7 Å². The number of benzene rings is 1. The Morgan fingerprint density at radius 2 is 1.59 bits per heavy atom. The summed E-state index contributed by atoms with van der Waals surface area (Å²) in [4.78, 5) is 98.8. The highest BCUT2D eigenvalue weighted by Crippen LogP contribution is 2.46. The largest absolute Gasteiger partial charge is 0.460 e. The third kappa shape index (κ3) is 11.3. The molecule has 5 rings (SSSR count). The highest BCUT2D eigenvalue weighted by atomic mass is 16.6. The minimum atomic E-state index is -0.947. The van der Waals surface area contributed by atoms with E-state index in [2.05, 4.69) is 5.32 Å². The third-order valence-electron chi connectivity index (χ3n) is 11.9. The van der Waals surface area contributed by atoms with Crippen molar-refractivity contribution in [2.75, 3.05) is 20.6 Å². The van der Waals surface area contributed by atoms with Crippen molar-refractivity contribution in [1.82, 2.24) is 15.1 Å². The van der Waals surface area contributed by atoms with Crippen molar-refractivity contribution in [3.8, 4) is 0 Å². The van der Waals surface area contributed by atoms with E-state index >= 15 is 0 Å². The molecule has 2 aliphatic carbocycles. The van der Waals surface area contributed by atoms with Gasteiger partial charge in [0.1, 0.15) is 11.6 Å². The molecule has 2 saturated heterocycles. The number of ether oxygens (including phenoxy) is 2. The first kappa shape index (κ1) is 43.2. The number of amides is 3. The van der Waals surface area contributed by atoms with E-state index in [1.807, 2.05) is 13.8 Å². The van der Waals surface area contributed by atoms with Crippen LogP contribution in [-0.2, 0) is 43.0 Å². The molecule has 56 heavy (non-hydrogen) atoms. The summed E-state index contributed by atoms with van der Waals surface area (Å²) < 4.78 is 12.1. The van der Waals surface area contributed by atoms with Crippen molar-refractivity contribution in [1.29, 1.82) is 0 Å². The lowest BCUT2D eigenvalue weighted by Crippen LogP contribution is -2.49. The average Bonchev–Trinajstić information content (AvgIpc) is 3.82. The lowest BCUT2D eigenvalue weighted by Gasteiger charge is -2.36. The molecule has 6 atom stereocenters. The zero-order chi connectivity index (χ0) is 40.9. The fourth-order valence-corrected chi connectivity index (χ4v) is 9.08. The Morgan fingerprint density at radius 3 is 2.20 bits per heavy atom. The summed E-state index contributed by atoms with van der Waals surface area (Å²) in [5.74, 6) is -4.83. The number of likely N-dealkylation sites (N-methyl/N-ethyl adjacent to an activating group) is 1. The fourth-order valence-electron chi connectivity index (χ4n) is 9.08. The molecule has 0 bridgehead atoms. The van der Waals surface area contributed by atoms with Crippen molar-refractivity contribution in [2.45, 2.75) is 147 Å². The normalized spacial score (nSPS) is 23.7. The molecule has 2 heterocycles. The topological polar surface area (TPSA) is 156 Å². The van der Waals surface area contributed by atoms with Gasteiger partial charge in [0.05, 0.1) is 30.1 Å².